The topological polar surface area (TPSA) is 32.3 Å². The average molecular weight is 411 g/mol. The van der Waals surface area contributed by atoms with Gasteiger partial charge in [0, 0.05) is 15.6 Å². The lowest BCUT2D eigenvalue weighted by atomic mass is 9.87. The second kappa shape index (κ2) is 8.38. The molecule has 0 saturated heterocycles. The van der Waals surface area contributed by atoms with Crippen molar-refractivity contribution in [3.63, 3.8) is 0 Å². The van der Waals surface area contributed by atoms with E-state index in [0.717, 1.165) is 24.9 Å². The Morgan fingerprint density at radius 3 is 2.71 bits per heavy atom. The third kappa shape index (κ3) is 4.08. The Kier molecular flexibility index (Phi) is 5.69. The summed E-state index contributed by atoms with van der Waals surface area (Å²) in [5, 5.41) is 5.81. The number of nitrogens with one attached hydrogen (secondary N) is 1. The summed E-state index contributed by atoms with van der Waals surface area (Å²) < 4.78 is 0. The zero-order valence-electron chi connectivity index (χ0n) is 15.8. The van der Waals surface area contributed by atoms with E-state index in [1.54, 1.807) is 23.5 Å². The van der Waals surface area contributed by atoms with Gasteiger partial charge in [-0.05, 0) is 78.6 Å². The van der Waals surface area contributed by atoms with Crippen LogP contribution in [0.1, 0.15) is 40.5 Å². The fourth-order valence-electron chi connectivity index (χ4n) is 3.82. The molecule has 0 bridgehead atoms. The van der Waals surface area contributed by atoms with Crippen LogP contribution in [0.3, 0.4) is 0 Å². The Labute approximate surface area is 175 Å². The lowest BCUT2D eigenvalue weighted by Crippen LogP contribution is -2.39. The number of thiophene rings is 1. The van der Waals surface area contributed by atoms with E-state index in [4.69, 9.17) is 11.6 Å². The number of rotatable bonds is 4. The van der Waals surface area contributed by atoms with E-state index in [1.807, 2.05) is 17.0 Å². The summed E-state index contributed by atoms with van der Waals surface area (Å²) in [6.07, 6.45) is 3.16. The molecule has 0 radical (unpaired) electrons. The molecule has 3 nitrogen and oxygen atoms in total. The van der Waals surface area contributed by atoms with E-state index in [-0.39, 0.29) is 12.1 Å². The zero-order valence-corrected chi connectivity index (χ0v) is 17.4. The molecule has 3 aromatic rings. The largest absolute Gasteiger partial charge is 0.322 e. The molecule has 2 amide bonds. The molecule has 1 heterocycles. The second-order valence-corrected chi connectivity index (χ2v) is 8.64. The van der Waals surface area contributed by atoms with Crippen LogP contribution in [0, 0.1) is 6.92 Å². The standard InChI is InChI=1S/C23H23ClN2OS/c1-16-13-14-28-22(16)15-26(23(27)25-19-11-9-18(24)10-12-19)21-8-4-6-17-5-2-3-7-20(17)21/h2-3,5,7,9-14,21H,4,6,8,15H2,1H3,(H,25,27). The van der Waals surface area contributed by atoms with Crippen molar-refractivity contribution in [3.8, 4) is 0 Å². The Morgan fingerprint density at radius 1 is 1.18 bits per heavy atom. The minimum atomic E-state index is -0.0724. The van der Waals surface area contributed by atoms with Crippen molar-refractivity contribution >= 4 is 34.7 Å². The van der Waals surface area contributed by atoms with Gasteiger partial charge in [0.1, 0.15) is 0 Å². The number of urea groups is 1. The molecule has 1 aliphatic carbocycles. The summed E-state index contributed by atoms with van der Waals surface area (Å²) in [6.45, 7) is 2.72. The second-order valence-electron chi connectivity index (χ2n) is 7.20. The normalized spacial score (nSPS) is 15.7. The van der Waals surface area contributed by atoms with Crippen LogP contribution in [0.2, 0.25) is 5.02 Å². The molecule has 144 valence electrons. The number of amides is 2. The van der Waals surface area contributed by atoms with Crippen molar-refractivity contribution in [3.05, 3.63) is 86.6 Å². The Morgan fingerprint density at radius 2 is 1.96 bits per heavy atom. The molecule has 1 N–H and O–H groups in total. The van der Waals surface area contributed by atoms with Gasteiger partial charge in [-0.2, -0.15) is 0 Å². The summed E-state index contributed by atoms with van der Waals surface area (Å²) in [4.78, 5) is 16.6. The van der Waals surface area contributed by atoms with Crippen LogP contribution in [-0.4, -0.2) is 10.9 Å². The highest BCUT2D eigenvalue weighted by molar-refractivity contribution is 7.10. The zero-order chi connectivity index (χ0) is 19.5. The average Bonchev–Trinajstić information content (AvgIpc) is 3.12. The van der Waals surface area contributed by atoms with Crippen molar-refractivity contribution < 1.29 is 4.79 Å². The van der Waals surface area contributed by atoms with E-state index in [2.05, 4.69) is 48.0 Å². The molecule has 0 aliphatic heterocycles. The highest BCUT2D eigenvalue weighted by atomic mass is 35.5. The first-order valence-corrected chi connectivity index (χ1v) is 10.8. The van der Waals surface area contributed by atoms with E-state index in [9.17, 15) is 4.79 Å². The van der Waals surface area contributed by atoms with Crippen molar-refractivity contribution in [2.45, 2.75) is 38.8 Å². The molecule has 1 unspecified atom stereocenters. The maximum atomic E-state index is 13.3. The fraction of sp³-hybridized carbons (Fsp3) is 0.261. The summed E-state index contributed by atoms with van der Waals surface area (Å²) in [5.74, 6) is 0. The monoisotopic (exact) mass is 410 g/mol. The molecule has 0 fully saturated rings. The van der Waals surface area contributed by atoms with Crippen LogP contribution in [0.5, 0.6) is 0 Å². The fourth-order valence-corrected chi connectivity index (χ4v) is 4.85. The molecule has 1 aromatic heterocycles. The van der Waals surface area contributed by atoms with Gasteiger partial charge in [-0.3, -0.25) is 0 Å². The minimum Gasteiger partial charge on any atom is -0.312 e. The Hall–Kier alpha value is -2.30. The van der Waals surface area contributed by atoms with Gasteiger partial charge >= 0.3 is 6.03 Å². The van der Waals surface area contributed by atoms with Crippen LogP contribution >= 0.6 is 22.9 Å². The van der Waals surface area contributed by atoms with E-state index in [0.29, 0.717) is 11.6 Å². The number of hydrogen-bond acceptors (Lipinski definition) is 2. The SMILES string of the molecule is Cc1ccsc1CN(C(=O)Nc1ccc(Cl)cc1)C1CCCc2ccccc21. The predicted molar refractivity (Wildman–Crippen MR) is 117 cm³/mol. The van der Waals surface area contributed by atoms with Crippen LogP contribution in [-0.2, 0) is 13.0 Å². The van der Waals surface area contributed by atoms with Crippen LogP contribution in [0.15, 0.2) is 60.0 Å². The maximum absolute atomic E-state index is 13.3. The lowest BCUT2D eigenvalue weighted by Gasteiger charge is -2.36. The molecule has 0 spiro atoms. The summed E-state index contributed by atoms with van der Waals surface area (Å²) in [7, 11) is 0. The Balaban J connectivity index is 1.65. The van der Waals surface area contributed by atoms with Gasteiger partial charge in [-0.1, -0.05) is 35.9 Å². The molecule has 1 atom stereocenters. The predicted octanol–water partition coefficient (Wildman–Crippen LogP) is 6.82. The number of hydrogen-bond donors (Lipinski definition) is 1. The molecule has 1 aliphatic rings. The molecule has 28 heavy (non-hydrogen) atoms. The maximum Gasteiger partial charge on any atom is 0.322 e. The van der Waals surface area contributed by atoms with E-state index < -0.39 is 0 Å². The summed E-state index contributed by atoms with van der Waals surface area (Å²) in [6, 6.07) is 17.9. The van der Waals surface area contributed by atoms with Crippen molar-refractivity contribution in [2.24, 2.45) is 0 Å². The van der Waals surface area contributed by atoms with Crippen molar-refractivity contribution in [1.82, 2.24) is 4.90 Å². The van der Waals surface area contributed by atoms with Crippen LogP contribution in [0.25, 0.3) is 0 Å². The molecule has 5 heteroatoms. The number of benzene rings is 2. The number of fused-ring (bicyclic) bond motifs is 1. The molecular weight excluding hydrogens is 388 g/mol. The number of anilines is 1. The first-order valence-electron chi connectivity index (χ1n) is 9.56. The van der Waals surface area contributed by atoms with Gasteiger partial charge in [0.15, 0.2) is 0 Å². The van der Waals surface area contributed by atoms with Crippen molar-refractivity contribution in [1.29, 1.82) is 0 Å². The number of aryl methyl sites for hydroxylation is 2. The highest BCUT2D eigenvalue weighted by Gasteiger charge is 2.30. The van der Waals surface area contributed by atoms with Crippen molar-refractivity contribution in [2.75, 3.05) is 5.32 Å². The van der Waals surface area contributed by atoms with Gasteiger partial charge in [0.25, 0.3) is 0 Å². The third-order valence-electron chi connectivity index (χ3n) is 5.35. The molecular formula is C23H23ClN2OS. The van der Waals surface area contributed by atoms with Gasteiger partial charge in [0.2, 0.25) is 0 Å². The van der Waals surface area contributed by atoms with Crippen LogP contribution < -0.4 is 5.32 Å². The number of carbonyl (C=O) groups excluding carboxylic acids is 1. The molecule has 0 saturated carbocycles. The van der Waals surface area contributed by atoms with Gasteiger partial charge < -0.3 is 10.2 Å². The van der Waals surface area contributed by atoms with E-state index in [1.165, 1.54) is 21.6 Å². The highest BCUT2D eigenvalue weighted by Crippen LogP contribution is 2.36. The lowest BCUT2D eigenvalue weighted by molar-refractivity contribution is 0.176. The van der Waals surface area contributed by atoms with Crippen LogP contribution in [0.4, 0.5) is 10.5 Å². The Bertz CT molecular complexity index is 967. The third-order valence-corrected chi connectivity index (χ3v) is 6.61. The first kappa shape index (κ1) is 19.0. The number of carbonyl (C=O) groups is 1. The van der Waals surface area contributed by atoms with Gasteiger partial charge in [-0.15, -0.1) is 11.3 Å². The minimum absolute atomic E-state index is 0.0724. The summed E-state index contributed by atoms with van der Waals surface area (Å²) >= 11 is 7.69. The van der Waals surface area contributed by atoms with Gasteiger partial charge in [-0.25, -0.2) is 4.79 Å². The number of halogens is 1. The van der Waals surface area contributed by atoms with Gasteiger partial charge in [0.05, 0.1) is 12.6 Å². The summed E-state index contributed by atoms with van der Waals surface area (Å²) in [5.41, 5.74) is 4.62. The molecule has 2 aromatic carbocycles. The first-order chi connectivity index (χ1) is 13.6. The van der Waals surface area contributed by atoms with E-state index >= 15 is 0 Å². The quantitative estimate of drug-likeness (QED) is 0.502. The smallest absolute Gasteiger partial charge is 0.312 e. The molecule has 4 rings (SSSR count). The number of nitrogens with zero attached hydrogens (tertiary/aromatic N) is 1.